The molecular formula is C40H28BClF8N8O2. The van der Waals surface area contributed by atoms with E-state index in [1.165, 1.54) is 18.3 Å². The predicted octanol–water partition coefficient (Wildman–Crippen LogP) is 9.11. The molecule has 1 aliphatic heterocycles. The number of hydrogen-bond donors (Lipinski definition) is 2. The second-order valence-electron chi connectivity index (χ2n) is 14.1. The Kier molecular flexibility index (Phi) is 11.2. The van der Waals surface area contributed by atoms with E-state index >= 15 is 0 Å². The van der Waals surface area contributed by atoms with Gasteiger partial charge < -0.3 is 19.2 Å². The highest BCUT2D eigenvalue weighted by Gasteiger charge is 2.32. The van der Waals surface area contributed by atoms with E-state index in [0.29, 0.717) is 51.8 Å². The van der Waals surface area contributed by atoms with Crippen LogP contribution in [0.3, 0.4) is 0 Å². The average molecular weight is 851 g/mol. The van der Waals surface area contributed by atoms with Gasteiger partial charge in [0.25, 0.3) is 0 Å². The van der Waals surface area contributed by atoms with Gasteiger partial charge in [-0.1, -0.05) is 17.7 Å². The Morgan fingerprint density at radius 2 is 1.18 bits per heavy atom. The van der Waals surface area contributed by atoms with Gasteiger partial charge in [-0.15, -0.1) is 0 Å². The standard InChI is InChI=1S/C20H12F4N4.C14H11ClF2N4.C6H5BF2O2/c21-11-1-4-13(14(22)6-11)17-5-10(9-25-27-17)20-26-18-7-15(23)16(24)8-19(18)28(20)12-2-3-12;15-13-3-7(6-18-20-13)14-19-11-4-9(16)10(17)5-12(11)21(14)8-1-2-8;8-4-1-2-5(7(10)11)6(9)3-4/h1,4-9,12H,2-3H2;4-6,8,13H,1-3H2;1-3,10-11H. The molecule has 306 valence electrons. The summed E-state index contributed by atoms with van der Waals surface area (Å²) < 4.78 is 110. The van der Waals surface area contributed by atoms with Gasteiger partial charge in [0.15, 0.2) is 23.3 Å². The number of fused-ring (bicyclic) bond motifs is 2. The number of alkyl halides is 1. The quantitative estimate of drug-likeness (QED) is 0.0745. The Balaban J connectivity index is 0.000000137. The lowest BCUT2D eigenvalue weighted by Crippen LogP contribution is -2.32. The molecule has 2 N–H and O–H groups in total. The molecule has 4 heterocycles. The molecular weight excluding hydrogens is 823 g/mol. The Morgan fingerprint density at radius 1 is 0.633 bits per heavy atom. The largest absolute Gasteiger partial charge is 0.491 e. The van der Waals surface area contributed by atoms with Crippen LogP contribution in [0.2, 0.25) is 0 Å². The minimum absolute atomic E-state index is 0.0990. The van der Waals surface area contributed by atoms with Crippen LogP contribution in [0.1, 0.15) is 50.0 Å². The molecule has 0 bridgehead atoms. The molecule has 2 saturated carbocycles. The lowest BCUT2D eigenvalue weighted by molar-refractivity contribution is 0.422. The summed E-state index contributed by atoms with van der Waals surface area (Å²) in [6.07, 6.45) is 7.40. The molecule has 2 aliphatic carbocycles. The van der Waals surface area contributed by atoms with Crippen molar-refractivity contribution in [3.63, 3.8) is 0 Å². The maximum absolute atomic E-state index is 14.1. The fourth-order valence-electron chi connectivity index (χ4n) is 6.64. The third-order valence-corrected chi connectivity index (χ3v) is 9.97. The Labute approximate surface area is 339 Å². The van der Waals surface area contributed by atoms with Crippen LogP contribution in [0.25, 0.3) is 50.3 Å². The molecule has 20 heteroatoms. The minimum Gasteiger partial charge on any atom is -0.423 e. The molecule has 7 aromatic rings. The van der Waals surface area contributed by atoms with Crippen molar-refractivity contribution in [3.05, 3.63) is 131 Å². The van der Waals surface area contributed by atoms with E-state index in [9.17, 15) is 35.1 Å². The van der Waals surface area contributed by atoms with Crippen LogP contribution in [0.15, 0.2) is 89.4 Å². The summed E-state index contributed by atoms with van der Waals surface area (Å²) in [4.78, 5) is 8.91. The summed E-state index contributed by atoms with van der Waals surface area (Å²) in [5.41, 5.74) is 2.80. The number of halogens is 9. The first-order valence-corrected chi connectivity index (χ1v) is 18.8. The Hall–Kier alpha value is -6.05. The van der Waals surface area contributed by atoms with Crippen LogP contribution in [-0.2, 0) is 0 Å². The van der Waals surface area contributed by atoms with E-state index in [0.717, 1.165) is 73.7 Å². The van der Waals surface area contributed by atoms with E-state index in [1.807, 2.05) is 9.13 Å². The predicted molar refractivity (Wildman–Crippen MR) is 205 cm³/mol. The van der Waals surface area contributed by atoms with Gasteiger partial charge in [-0.25, -0.2) is 45.1 Å². The van der Waals surface area contributed by atoms with Gasteiger partial charge in [0, 0.05) is 77.1 Å². The fraction of sp³-hybridized carbons (Fsp3) is 0.200. The maximum atomic E-state index is 14.1. The van der Waals surface area contributed by atoms with E-state index < -0.39 is 59.2 Å². The van der Waals surface area contributed by atoms with Crippen molar-refractivity contribution in [1.82, 2.24) is 29.3 Å². The molecule has 0 spiro atoms. The maximum Gasteiger partial charge on any atom is 0.491 e. The normalized spacial score (nSPS) is 16.0. The number of benzene rings is 4. The summed E-state index contributed by atoms with van der Waals surface area (Å²) in [5.74, 6) is -5.65. The zero-order valence-corrected chi connectivity index (χ0v) is 31.5. The van der Waals surface area contributed by atoms with Crippen molar-refractivity contribution < 1.29 is 45.2 Å². The van der Waals surface area contributed by atoms with Crippen LogP contribution < -0.4 is 5.46 Å². The summed E-state index contributed by atoms with van der Waals surface area (Å²) >= 11 is 6.00. The molecule has 0 amide bonds. The SMILES string of the molecule is Fc1cc2nc(C3=CN=NC(Cl)C3)n(C3CC3)c2cc1F.Fc1ccc(-c2cc(-c3nc4cc(F)c(F)cc4n3C3CC3)cnn2)c(F)c1.OB(O)c1ccc(F)cc1F. The molecule has 3 aromatic heterocycles. The number of rotatable bonds is 6. The zero-order valence-electron chi connectivity index (χ0n) is 30.7. The molecule has 10 rings (SSSR count). The van der Waals surface area contributed by atoms with Gasteiger partial charge in [-0.2, -0.15) is 20.4 Å². The molecule has 1 atom stereocenters. The number of aromatic nitrogens is 6. The second kappa shape index (κ2) is 16.5. The van der Waals surface area contributed by atoms with Crippen LogP contribution in [0, 0.1) is 46.5 Å². The van der Waals surface area contributed by atoms with E-state index in [-0.39, 0.29) is 28.8 Å². The van der Waals surface area contributed by atoms with E-state index in [1.54, 1.807) is 12.3 Å². The van der Waals surface area contributed by atoms with Crippen molar-refractivity contribution in [1.29, 1.82) is 0 Å². The van der Waals surface area contributed by atoms with Gasteiger partial charge in [0.1, 0.15) is 40.4 Å². The first-order chi connectivity index (χ1) is 28.7. The molecule has 0 radical (unpaired) electrons. The van der Waals surface area contributed by atoms with Gasteiger partial charge in [-0.3, -0.25) is 0 Å². The lowest BCUT2D eigenvalue weighted by Gasteiger charge is -2.13. The van der Waals surface area contributed by atoms with Crippen LogP contribution in [0.4, 0.5) is 35.1 Å². The average Bonchev–Trinajstić information content (AvgIpc) is 4.15. The third-order valence-electron chi connectivity index (χ3n) is 9.73. The molecule has 1 unspecified atom stereocenters. The third kappa shape index (κ3) is 8.50. The number of azo groups is 1. The molecule has 0 saturated heterocycles. The van der Waals surface area contributed by atoms with Crippen LogP contribution >= 0.6 is 11.6 Å². The smallest absolute Gasteiger partial charge is 0.423 e. The minimum atomic E-state index is -1.89. The highest BCUT2D eigenvalue weighted by atomic mass is 35.5. The molecule has 10 nitrogen and oxygen atoms in total. The van der Waals surface area contributed by atoms with Crippen molar-refractivity contribution in [2.45, 2.75) is 49.7 Å². The zero-order chi connectivity index (χ0) is 42.4. The molecule has 2 fully saturated rings. The van der Waals surface area contributed by atoms with Gasteiger partial charge in [-0.05, 0) is 49.9 Å². The van der Waals surface area contributed by atoms with E-state index in [4.69, 9.17) is 21.6 Å². The van der Waals surface area contributed by atoms with E-state index in [2.05, 4.69) is 30.4 Å². The van der Waals surface area contributed by atoms with Crippen molar-refractivity contribution in [3.8, 4) is 22.6 Å². The van der Waals surface area contributed by atoms with Crippen molar-refractivity contribution in [2.24, 2.45) is 10.2 Å². The van der Waals surface area contributed by atoms with Crippen molar-refractivity contribution in [2.75, 3.05) is 0 Å². The molecule has 4 aromatic carbocycles. The summed E-state index contributed by atoms with van der Waals surface area (Å²) in [6.45, 7) is 0. The number of imidazole rings is 2. The Bertz CT molecular complexity index is 2850. The van der Waals surface area contributed by atoms with Crippen LogP contribution in [-0.4, -0.2) is 52.0 Å². The second-order valence-corrected chi connectivity index (χ2v) is 14.6. The highest BCUT2D eigenvalue weighted by molar-refractivity contribution is 6.58. The monoisotopic (exact) mass is 850 g/mol. The first-order valence-electron chi connectivity index (χ1n) is 18.3. The molecule has 60 heavy (non-hydrogen) atoms. The highest BCUT2D eigenvalue weighted by Crippen LogP contribution is 2.43. The topological polar surface area (TPSA) is 127 Å². The summed E-state index contributed by atoms with van der Waals surface area (Å²) in [5, 5.41) is 32.5. The summed E-state index contributed by atoms with van der Waals surface area (Å²) in [7, 11) is -1.89. The molecule has 3 aliphatic rings. The number of hydrogen-bond acceptors (Lipinski definition) is 8. The lowest BCUT2D eigenvalue weighted by atomic mass is 9.80. The summed E-state index contributed by atoms with van der Waals surface area (Å²) in [6, 6.07) is 12.3. The Morgan fingerprint density at radius 3 is 1.73 bits per heavy atom. The first kappa shape index (κ1) is 40.7. The van der Waals surface area contributed by atoms with Gasteiger partial charge >= 0.3 is 7.12 Å². The van der Waals surface area contributed by atoms with Gasteiger partial charge in [0.2, 0.25) is 0 Å². The van der Waals surface area contributed by atoms with Crippen LogP contribution in [0.5, 0.6) is 0 Å². The van der Waals surface area contributed by atoms with Crippen molar-refractivity contribution >= 4 is 51.8 Å². The fourth-order valence-corrected chi connectivity index (χ4v) is 6.86. The number of nitrogens with zero attached hydrogens (tertiary/aromatic N) is 8. The van der Waals surface area contributed by atoms with Gasteiger partial charge in [0.05, 0.1) is 40.2 Å².